The van der Waals surface area contributed by atoms with Gasteiger partial charge in [0.2, 0.25) is 0 Å². The van der Waals surface area contributed by atoms with E-state index in [1.807, 2.05) is 11.8 Å². The zero-order valence-corrected chi connectivity index (χ0v) is 15.0. The second-order valence-electron chi connectivity index (χ2n) is 1.67. The summed E-state index contributed by atoms with van der Waals surface area (Å²) in [6, 6.07) is 0. The minimum absolute atomic E-state index is 0. The Morgan fingerprint density at radius 3 is 2.00 bits per heavy atom. The summed E-state index contributed by atoms with van der Waals surface area (Å²) < 4.78 is 0. The van der Waals surface area contributed by atoms with Crippen LogP contribution in [0.4, 0.5) is 0 Å². The van der Waals surface area contributed by atoms with Crippen molar-refractivity contribution in [2.75, 3.05) is 5.75 Å². The maximum Gasteiger partial charge on any atom is 0 e. The van der Waals surface area contributed by atoms with Crippen LogP contribution in [0.15, 0.2) is 0 Å². The zero-order valence-electron chi connectivity index (χ0n) is 5.71. The molecule has 0 bridgehead atoms. The number of hydrogen-bond donors (Lipinski definition) is 0. The molecule has 1 aliphatic heterocycles. The van der Waals surface area contributed by atoms with Gasteiger partial charge in [0.05, 0.1) is 0 Å². The van der Waals surface area contributed by atoms with E-state index in [1.165, 1.54) is 12.2 Å². The number of thioether (sulfide) groups is 1. The largest absolute Gasteiger partial charge is 0.318 e. The van der Waals surface area contributed by atoms with Gasteiger partial charge in [-0.1, -0.05) is 6.92 Å². The summed E-state index contributed by atoms with van der Waals surface area (Å²) >= 11 is 2.04. The van der Waals surface area contributed by atoms with Crippen molar-refractivity contribution >= 4 is 11.8 Å². The van der Waals surface area contributed by atoms with E-state index < -0.39 is 0 Å². The standard InChI is InChI=1S/C5H9S.3Y/c1-5-3-2-4-6-5;;;/h2,5H,3-4H2,1H3;;;/q-1;;;. The van der Waals surface area contributed by atoms with Gasteiger partial charge in [0.15, 0.2) is 0 Å². The van der Waals surface area contributed by atoms with Crippen molar-refractivity contribution in [1.82, 2.24) is 0 Å². The van der Waals surface area contributed by atoms with Crippen LogP contribution in [0.3, 0.4) is 0 Å². The van der Waals surface area contributed by atoms with Crippen LogP contribution in [-0.2, 0) is 98.1 Å². The van der Waals surface area contributed by atoms with Gasteiger partial charge in [-0.15, -0.1) is 5.75 Å². The third-order valence-electron chi connectivity index (χ3n) is 0.997. The van der Waals surface area contributed by atoms with E-state index in [9.17, 15) is 0 Å². The Kier molecular flexibility index (Phi) is 23.9. The van der Waals surface area contributed by atoms with Gasteiger partial charge in [0, 0.05) is 98.1 Å². The average molecular weight is 368 g/mol. The molecular weight excluding hydrogens is 359 g/mol. The van der Waals surface area contributed by atoms with Crippen molar-refractivity contribution in [3.8, 4) is 0 Å². The molecule has 0 nitrogen and oxygen atoms in total. The normalized spacial score (nSPS) is 23.0. The smallest absolute Gasteiger partial charge is 0 e. The summed E-state index contributed by atoms with van der Waals surface area (Å²) in [7, 11) is 0. The molecule has 1 aliphatic rings. The van der Waals surface area contributed by atoms with E-state index in [2.05, 4.69) is 13.3 Å². The molecule has 0 amide bonds. The van der Waals surface area contributed by atoms with Gasteiger partial charge in [0.1, 0.15) is 0 Å². The van der Waals surface area contributed by atoms with Gasteiger partial charge in [-0.05, 0) is 5.25 Å². The van der Waals surface area contributed by atoms with Crippen LogP contribution >= 0.6 is 11.8 Å². The van der Waals surface area contributed by atoms with E-state index in [1.54, 1.807) is 0 Å². The van der Waals surface area contributed by atoms with Gasteiger partial charge in [-0.2, -0.15) is 18.2 Å². The molecule has 0 spiro atoms. The van der Waals surface area contributed by atoms with Crippen LogP contribution in [0.25, 0.3) is 0 Å². The molecule has 3 radical (unpaired) electrons. The summed E-state index contributed by atoms with van der Waals surface area (Å²) in [6.45, 7) is 2.27. The average Bonchev–Trinajstić information content (AvgIpc) is 1.86. The second kappa shape index (κ2) is 11.7. The first kappa shape index (κ1) is 18.4. The van der Waals surface area contributed by atoms with Gasteiger partial charge in [0.25, 0.3) is 0 Å². The van der Waals surface area contributed by atoms with Crippen LogP contribution in [0.2, 0.25) is 0 Å². The molecule has 4 heteroatoms. The van der Waals surface area contributed by atoms with Crippen molar-refractivity contribution in [3.05, 3.63) is 6.42 Å². The monoisotopic (exact) mass is 368 g/mol. The van der Waals surface area contributed by atoms with Crippen LogP contribution in [0.1, 0.15) is 13.3 Å². The molecule has 0 saturated carbocycles. The van der Waals surface area contributed by atoms with E-state index in [0.29, 0.717) is 0 Å². The molecule has 45 valence electrons. The molecule has 1 rings (SSSR count). The van der Waals surface area contributed by atoms with Gasteiger partial charge in [-0.3, -0.25) is 0 Å². The van der Waals surface area contributed by atoms with E-state index in [-0.39, 0.29) is 98.1 Å². The SMILES string of the molecule is CC1C[CH-]CS1.[Y].[Y].[Y]. The van der Waals surface area contributed by atoms with Gasteiger partial charge < -0.3 is 6.42 Å². The first-order valence-electron chi connectivity index (χ1n) is 2.33. The summed E-state index contributed by atoms with van der Waals surface area (Å²) in [5, 5.41) is 0.907. The third-order valence-corrected chi connectivity index (χ3v) is 2.19. The molecule has 9 heavy (non-hydrogen) atoms. The van der Waals surface area contributed by atoms with Crippen molar-refractivity contribution in [2.45, 2.75) is 18.6 Å². The first-order valence-corrected chi connectivity index (χ1v) is 3.38. The van der Waals surface area contributed by atoms with Gasteiger partial charge in [-0.25, -0.2) is 0 Å². The van der Waals surface area contributed by atoms with Crippen LogP contribution in [-0.4, -0.2) is 11.0 Å². The Morgan fingerprint density at radius 2 is 1.89 bits per heavy atom. The second-order valence-corrected chi connectivity index (χ2v) is 3.14. The minimum Gasteiger partial charge on any atom is -0.318 e. The summed E-state index contributed by atoms with van der Waals surface area (Å²) in [4.78, 5) is 0. The molecule has 1 fully saturated rings. The molecule has 0 N–H and O–H groups in total. The van der Waals surface area contributed by atoms with Crippen LogP contribution < -0.4 is 0 Å². The molecule has 0 aromatic heterocycles. The first-order chi connectivity index (χ1) is 2.89. The maximum absolute atomic E-state index is 2.34. The fraction of sp³-hybridized carbons (Fsp3) is 0.800. The minimum atomic E-state index is 0. The molecule has 0 aromatic carbocycles. The quantitative estimate of drug-likeness (QED) is 0.587. The molecule has 0 aromatic rings. The fourth-order valence-corrected chi connectivity index (χ4v) is 1.48. The zero-order chi connectivity index (χ0) is 4.41. The Balaban J connectivity index is -0.000000120. The van der Waals surface area contributed by atoms with Gasteiger partial charge >= 0.3 is 0 Å². The molecule has 1 saturated heterocycles. The molecule has 1 heterocycles. The van der Waals surface area contributed by atoms with Crippen molar-refractivity contribution in [1.29, 1.82) is 0 Å². The topological polar surface area (TPSA) is 0 Å². The summed E-state index contributed by atoms with van der Waals surface area (Å²) in [6.07, 6.45) is 3.67. The van der Waals surface area contributed by atoms with E-state index in [0.717, 1.165) is 5.25 Å². The predicted octanol–water partition coefficient (Wildman–Crippen LogP) is 1.71. The van der Waals surface area contributed by atoms with Crippen molar-refractivity contribution < 1.29 is 98.1 Å². The van der Waals surface area contributed by atoms with Crippen molar-refractivity contribution in [2.24, 2.45) is 0 Å². The Bertz CT molecular complexity index is 45.5. The Morgan fingerprint density at radius 1 is 1.33 bits per heavy atom. The van der Waals surface area contributed by atoms with E-state index in [4.69, 9.17) is 0 Å². The molecule has 0 aliphatic carbocycles. The summed E-state index contributed by atoms with van der Waals surface area (Å²) in [5.41, 5.74) is 0. The predicted molar refractivity (Wildman–Crippen MR) is 30.8 cm³/mol. The summed E-state index contributed by atoms with van der Waals surface area (Å²) in [5.74, 6) is 1.28. The Labute approximate surface area is 137 Å². The Hall–Kier alpha value is 3.66. The molecule has 1 atom stereocenters. The third kappa shape index (κ3) is 9.58. The van der Waals surface area contributed by atoms with Crippen LogP contribution in [0, 0.1) is 6.42 Å². The number of rotatable bonds is 0. The maximum atomic E-state index is 2.34. The van der Waals surface area contributed by atoms with Crippen LogP contribution in [0.5, 0.6) is 0 Å². The van der Waals surface area contributed by atoms with E-state index >= 15 is 0 Å². The van der Waals surface area contributed by atoms with Crippen molar-refractivity contribution in [3.63, 3.8) is 0 Å². The molecular formula is C5H9SY3-. The fourth-order valence-electron chi connectivity index (χ4n) is 0.603. The molecule has 1 unspecified atom stereocenters. The number of hydrogen-bond acceptors (Lipinski definition) is 1.